The molecule has 2 aromatic heterocycles. The van der Waals surface area contributed by atoms with E-state index < -0.39 is 0 Å². The maximum Gasteiger partial charge on any atom is 0.221 e. The Morgan fingerprint density at radius 2 is 0.632 bits per heavy atom. The maximum atomic E-state index is 6.02. The van der Waals surface area contributed by atoms with E-state index in [1.165, 1.54) is 36.4 Å². The summed E-state index contributed by atoms with van der Waals surface area (Å²) in [5.41, 5.74) is 0. The van der Waals surface area contributed by atoms with Gasteiger partial charge in [0.2, 0.25) is 8.42 Å². The summed E-state index contributed by atoms with van der Waals surface area (Å²) in [5, 5.41) is 0. The van der Waals surface area contributed by atoms with E-state index in [0.717, 1.165) is 101 Å². The van der Waals surface area contributed by atoms with E-state index in [4.69, 9.17) is 18.9 Å². The summed E-state index contributed by atoms with van der Waals surface area (Å²) in [4.78, 5) is 5.12. The molecule has 0 atom stereocenters. The molecule has 4 nitrogen and oxygen atoms in total. The van der Waals surface area contributed by atoms with Gasteiger partial charge in [-0.25, -0.2) is 0 Å². The second-order valence-electron chi connectivity index (χ2n) is 13.6. The minimum atomic E-state index is -0.267. The Morgan fingerprint density at radius 3 is 0.877 bits per heavy atom. The molecule has 0 fully saturated rings. The predicted molar refractivity (Wildman–Crippen MR) is 244 cm³/mol. The van der Waals surface area contributed by atoms with Gasteiger partial charge in [-0.05, 0) is 135 Å². The highest BCUT2D eigenvalue weighted by Crippen LogP contribution is 2.45. The van der Waals surface area contributed by atoms with Gasteiger partial charge >= 0.3 is 0 Å². The first kappa shape index (κ1) is 43.1. The minimum Gasteiger partial charge on any atom is -0.494 e. The molecule has 4 aromatic carbocycles. The van der Waals surface area contributed by atoms with E-state index in [1.54, 1.807) is 0 Å². The third-order valence-corrected chi connectivity index (χ3v) is 17.6. The van der Waals surface area contributed by atoms with Crippen LogP contribution in [0.15, 0.2) is 158 Å². The Kier molecular flexibility index (Phi) is 17.6. The van der Waals surface area contributed by atoms with Crippen molar-refractivity contribution in [3.63, 3.8) is 0 Å². The number of hydrogen-bond donors (Lipinski definition) is 0. The van der Waals surface area contributed by atoms with Crippen LogP contribution in [0, 0.1) is 0 Å². The highest BCUT2D eigenvalue weighted by atomic mass is 32.2. The second kappa shape index (κ2) is 23.2. The van der Waals surface area contributed by atoms with E-state index >= 15 is 0 Å². The van der Waals surface area contributed by atoms with Crippen molar-refractivity contribution >= 4 is 56.2 Å². The SMILES string of the molecule is CCCCOc1ccc([S+](c2ccc(OCCCC)cc2)c2ccc(Sc3ccc([S+](c4ccc(OCCCC)cc4)c4ccc(OCCCC)cc4)s3)s2)cc1. The summed E-state index contributed by atoms with van der Waals surface area (Å²) in [7, 11) is -0.534. The van der Waals surface area contributed by atoms with Crippen LogP contribution in [0.3, 0.4) is 0 Å². The fourth-order valence-electron chi connectivity index (χ4n) is 5.80. The standard InChI is InChI=1S/C48H56O4S5/c1-5-9-33-49-37-13-21-41(22-14-37)56(42-23-15-38(16-24-42)50-34-10-6-2)47-31-29-45(54-47)53-46-30-32-48(55-46)57(43-25-17-39(18-26-43)51-35-11-7-3)44-27-19-40(20-28-44)52-36-12-8-4/h13-32H,5-12,33-36H2,1-4H3/q+2. The van der Waals surface area contributed by atoms with E-state index in [0.29, 0.717) is 0 Å². The molecule has 0 bridgehead atoms. The van der Waals surface area contributed by atoms with Gasteiger partial charge in [0, 0.05) is 12.1 Å². The van der Waals surface area contributed by atoms with Crippen LogP contribution in [0.1, 0.15) is 79.1 Å². The first-order valence-corrected chi connectivity index (χ1v) is 25.3. The summed E-state index contributed by atoms with van der Waals surface area (Å²) in [6, 6.07) is 44.1. The summed E-state index contributed by atoms with van der Waals surface area (Å²) in [6.07, 6.45) is 8.73. The molecule has 0 aliphatic rings. The fraction of sp³-hybridized carbons (Fsp3) is 0.333. The quantitative estimate of drug-likeness (QED) is 0.0448. The average Bonchev–Trinajstić information content (AvgIpc) is 3.90. The van der Waals surface area contributed by atoms with Gasteiger partial charge in [0.1, 0.15) is 44.8 Å². The Balaban J connectivity index is 1.24. The van der Waals surface area contributed by atoms with E-state index in [9.17, 15) is 0 Å². The summed E-state index contributed by atoms with van der Waals surface area (Å²) >= 11 is 5.65. The average molecular weight is 857 g/mol. The lowest BCUT2D eigenvalue weighted by molar-refractivity contribution is 0.309. The molecule has 9 heteroatoms. The number of rotatable bonds is 24. The molecule has 0 amide bonds. The third-order valence-electron chi connectivity index (χ3n) is 9.02. The van der Waals surface area contributed by atoms with Crippen LogP contribution in [-0.2, 0) is 21.8 Å². The molecule has 0 unspecified atom stereocenters. The van der Waals surface area contributed by atoms with Crippen molar-refractivity contribution in [3.05, 3.63) is 121 Å². The van der Waals surface area contributed by atoms with E-state index in [1.807, 2.05) is 34.4 Å². The van der Waals surface area contributed by atoms with Gasteiger partial charge in [-0.15, -0.1) is 0 Å². The van der Waals surface area contributed by atoms with Gasteiger partial charge in [-0.3, -0.25) is 0 Å². The van der Waals surface area contributed by atoms with Crippen LogP contribution >= 0.6 is 34.4 Å². The summed E-state index contributed by atoms with van der Waals surface area (Å²) < 4.78 is 29.4. The number of benzene rings is 4. The summed E-state index contributed by atoms with van der Waals surface area (Å²) in [5.74, 6) is 3.71. The Bertz CT molecular complexity index is 1770. The Labute approximate surface area is 359 Å². The molecule has 2 heterocycles. The molecule has 0 saturated heterocycles. The fourth-order valence-corrected chi connectivity index (χ4v) is 15.0. The number of thiophene rings is 2. The number of ether oxygens (including phenoxy) is 4. The van der Waals surface area contributed by atoms with Gasteiger partial charge in [0.05, 0.1) is 34.8 Å². The van der Waals surface area contributed by atoms with E-state index in [-0.39, 0.29) is 21.8 Å². The first-order valence-electron chi connectivity index (χ1n) is 20.4. The first-order chi connectivity index (χ1) is 28.1. The summed E-state index contributed by atoms with van der Waals surface area (Å²) in [6.45, 7) is 11.8. The Morgan fingerprint density at radius 1 is 0.368 bits per heavy atom. The van der Waals surface area contributed by atoms with Crippen molar-refractivity contribution in [2.75, 3.05) is 26.4 Å². The zero-order valence-electron chi connectivity index (χ0n) is 33.7. The molecule has 0 aliphatic carbocycles. The van der Waals surface area contributed by atoms with Crippen LogP contribution in [0.5, 0.6) is 23.0 Å². The van der Waals surface area contributed by atoms with Crippen molar-refractivity contribution in [2.24, 2.45) is 0 Å². The molecule has 0 radical (unpaired) electrons. The highest BCUT2D eigenvalue weighted by molar-refractivity contribution is 8.04. The zero-order valence-corrected chi connectivity index (χ0v) is 37.8. The van der Waals surface area contributed by atoms with Crippen molar-refractivity contribution in [3.8, 4) is 23.0 Å². The van der Waals surface area contributed by atoms with Gasteiger partial charge in [-0.1, -0.05) is 87.8 Å². The van der Waals surface area contributed by atoms with Crippen LogP contribution in [0.2, 0.25) is 0 Å². The largest absolute Gasteiger partial charge is 0.494 e. The molecule has 0 aliphatic heterocycles. The third kappa shape index (κ3) is 12.8. The lowest BCUT2D eigenvalue weighted by atomic mass is 10.3. The maximum absolute atomic E-state index is 6.02. The zero-order chi connectivity index (χ0) is 39.7. The molecule has 300 valence electrons. The van der Waals surface area contributed by atoms with Crippen molar-refractivity contribution in [1.82, 2.24) is 0 Å². The van der Waals surface area contributed by atoms with Gasteiger partial charge in [-0.2, -0.15) is 0 Å². The molecular formula is C48H56O4S5+2. The topological polar surface area (TPSA) is 36.9 Å². The van der Waals surface area contributed by atoms with Crippen molar-refractivity contribution in [1.29, 1.82) is 0 Å². The predicted octanol–water partition coefficient (Wildman–Crippen LogP) is 14.9. The van der Waals surface area contributed by atoms with E-state index in [2.05, 4.69) is 149 Å². The molecule has 0 spiro atoms. The lowest BCUT2D eigenvalue weighted by Gasteiger charge is -2.09. The van der Waals surface area contributed by atoms with Gasteiger partial charge < -0.3 is 18.9 Å². The number of hydrogen-bond acceptors (Lipinski definition) is 7. The number of unbranched alkanes of at least 4 members (excludes halogenated alkanes) is 4. The molecular weight excluding hydrogens is 801 g/mol. The van der Waals surface area contributed by atoms with Gasteiger partial charge in [0.15, 0.2) is 19.6 Å². The smallest absolute Gasteiger partial charge is 0.221 e. The monoisotopic (exact) mass is 856 g/mol. The molecule has 0 N–H and O–H groups in total. The second-order valence-corrected chi connectivity index (χ2v) is 21.8. The van der Waals surface area contributed by atoms with Gasteiger partial charge in [0.25, 0.3) is 0 Å². The molecule has 6 rings (SSSR count). The lowest BCUT2D eigenvalue weighted by Crippen LogP contribution is -2.04. The normalized spacial score (nSPS) is 11.3. The molecule has 57 heavy (non-hydrogen) atoms. The highest BCUT2D eigenvalue weighted by Gasteiger charge is 2.33. The minimum absolute atomic E-state index is 0.267. The Hall–Kier alpha value is -3.47. The van der Waals surface area contributed by atoms with Crippen LogP contribution < -0.4 is 18.9 Å². The van der Waals surface area contributed by atoms with Crippen LogP contribution in [-0.4, -0.2) is 26.4 Å². The molecule has 0 saturated carbocycles. The van der Waals surface area contributed by atoms with Crippen LogP contribution in [0.25, 0.3) is 0 Å². The van der Waals surface area contributed by atoms with Crippen molar-refractivity contribution < 1.29 is 18.9 Å². The molecule has 6 aromatic rings. The van der Waals surface area contributed by atoms with Crippen LogP contribution in [0.4, 0.5) is 0 Å². The van der Waals surface area contributed by atoms with Crippen molar-refractivity contribution in [2.45, 2.75) is 115 Å².